The van der Waals surface area contributed by atoms with E-state index in [-0.39, 0.29) is 11.7 Å². The maximum Gasteiger partial charge on any atom is 0.248 e. The Morgan fingerprint density at radius 1 is 1.17 bits per heavy atom. The molecule has 0 aliphatic rings. The van der Waals surface area contributed by atoms with Crippen LogP contribution in [-0.2, 0) is 11.3 Å². The Morgan fingerprint density at radius 2 is 1.79 bits per heavy atom. The van der Waals surface area contributed by atoms with E-state index in [4.69, 9.17) is 5.73 Å². The number of anilines is 1. The van der Waals surface area contributed by atoms with E-state index in [2.05, 4.69) is 5.32 Å². The minimum absolute atomic E-state index is 0.222. The average molecular weight is 329 g/mol. The molecule has 0 saturated carbocycles. The quantitative estimate of drug-likeness (QED) is 0.854. The molecule has 2 rings (SSSR count). The lowest BCUT2D eigenvalue weighted by Crippen LogP contribution is -2.39. The van der Waals surface area contributed by atoms with Gasteiger partial charge in [-0.2, -0.15) is 0 Å². The van der Waals surface area contributed by atoms with Crippen LogP contribution in [0.4, 0.5) is 10.1 Å². The Kier molecular flexibility index (Phi) is 5.65. The summed E-state index contributed by atoms with van der Waals surface area (Å²) < 4.78 is 13.7. The highest BCUT2D eigenvalue weighted by Gasteiger charge is 2.19. The number of nitrogens with one attached hydrogen (secondary N) is 1. The molecule has 24 heavy (non-hydrogen) atoms. The Hall–Kier alpha value is -2.73. The van der Waals surface area contributed by atoms with Crippen LogP contribution in [0.3, 0.4) is 0 Å². The molecule has 6 heteroatoms. The van der Waals surface area contributed by atoms with Crippen molar-refractivity contribution in [3.8, 4) is 0 Å². The fraction of sp³-hybridized carbons (Fsp3) is 0.222. The zero-order valence-corrected chi connectivity index (χ0v) is 13.6. The number of nitrogens with two attached hydrogens (primary N) is 1. The molecule has 0 bridgehead atoms. The fourth-order valence-corrected chi connectivity index (χ4v) is 2.20. The van der Waals surface area contributed by atoms with Gasteiger partial charge >= 0.3 is 0 Å². The Bertz CT molecular complexity index is 731. The van der Waals surface area contributed by atoms with Crippen LogP contribution in [-0.4, -0.2) is 29.8 Å². The second-order valence-electron chi connectivity index (χ2n) is 5.61. The number of primary amides is 1. The van der Waals surface area contributed by atoms with Crippen molar-refractivity contribution in [1.82, 2.24) is 4.90 Å². The molecule has 5 nitrogen and oxygen atoms in total. The lowest BCUT2D eigenvalue weighted by Gasteiger charge is -2.24. The second kappa shape index (κ2) is 7.70. The summed E-state index contributed by atoms with van der Waals surface area (Å²) in [4.78, 5) is 25.1. The van der Waals surface area contributed by atoms with E-state index in [1.165, 1.54) is 6.07 Å². The molecule has 0 radical (unpaired) electrons. The molecule has 0 heterocycles. The molecule has 0 aliphatic carbocycles. The van der Waals surface area contributed by atoms with E-state index in [1.54, 1.807) is 61.3 Å². The first-order chi connectivity index (χ1) is 11.4. The summed E-state index contributed by atoms with van der Waals surface area (Å²) in [6.07, 6.45) is 0. The third-order valence-corrected chi connectivity index (χ3v) is 3.86. The molecular formula is C18H20FN3O2. The predicted molar refractivity (Wildman–Crippen MR) is 90.9 cm³/mol. The van der Waals surface area contributed by atoms with Gasteiger partial charge in [0, 0.05) is 23.4 Å². The van der Waals surface area contributed by atoms with Crippen LogP contribution in [0.15, 0.2) is 48.5 Å². The molecule has 126 valence electrons. The van der Waals surface area contributed by atoms with E-state index in [1.807, 2.05) is 0 Å². The van der Waals surface area contributed by atoms with Gasteiger partial charge in [0.2, 0.25) is 11.8 Å². The Labute approximate surface area is 140 Å². The molecular weight excluding hydrogens is 309 g/mol. The van der Waals surface area contributed by atoms with E-state index in [9.17, 15) is 14.0 Å². The number of likely N-dealkylation sites (N-methyl/N-ethyl adjacent to an activating group) is 1. The van der Waals surface area contributed by atoms with Gasteiger partial charge in [0.1, 0.15) is 5.82 Å². The van der Waals surface area contributed by atoms with Crippen molar-refractivity contribution in [3.05, 3.63) is 65.5 Å². The van der Waals surface area contributed by atoms with Gasteiger partial charge in [-0.3, -0.25) is 14.5 Å². The minimum Gasteiger partial charge on any atom is -0.366 e. The molecule has 0 aliphatic heterocycles. The van der Waals surface area contributed by atoms with Crippen molar-refractivity contribution >= 4 is 17.5 Å². The molecule has 0 spiro atoms. The highest BCUT2D eigenvalue weighted by Crippen LogP contribution is 2.13. The molecule has 1 atom stereocenters. The monoisotopic (exact) mass is 329 g/mol. The van der Waals surface area contributed by atoms with Gasteiger partial charge in [0.15, 0.2) is 0 Å². The van der Waals surface area contributed by atoms with Gasteiger partial charge in [0.05, 0.1) is 6.04 Å². The van der Waals surface area contributed by atoms with Crippen LogP contribution in [0, 0.1) is 5.82 Å². The Balaban J connectivity index is 1.98. The van der Waals surface area contributed by atoms with Crippen LogP contribution in [0.2, 0.25) is 0 Å². The number of hydrogen-bond acceptors (Lipinski definition) is 3. The van der Waals surface area contributed by atoms with Crippen molar-refractivity contribution in [2.75, 3.05) is 12.4 Å². The van der Waals surface area contributed by atoms with Crippen LogP contribution in [0.1, 0.15) is 22.8 Å². The summed E-state index contributed by atoms with van der Waals surface area (Å²) in [5, 5.41) is 2.76. The smallest absolute Gasteiger partial charge is 0.248 e. The maximum atomic E-state index is 13.7. The number of rotatable bonds is 6. The number of carbonyl (C=O) groups is 2. The van der Waals surface area contributed by atoms with Crippen molar-refractivity contribution < 1.29 is 14.0 Å². The number of amides is 2. The van der Waals surface area contributed by atoms with Crippen LogP contribution in [0.25, 0.3) is 0 Å². The largest absolute Gasteiger partial charge is 0.366 e. The van der Waals surface area contributed by atoms with E-state index < -0.39 is 11.9 Å². The molecule has 1 unspecified atom stereocenters. The fourth-order valence-electron chi connectivity index (χ4n) is 2.20. The summed E-state index contributed by atoms with van der Waals surface area (Å²) in [6.45, 7) is 2.07. The zero-order chi connectivity index (χ0) is 17.7. The van der Waals surface area contributed by atoms with Crippen molar-refractivity contribution in [1.29, 1.82) is 0 Å². The first kappa shape index (κ1) is 17.6. The van der Waals surface area contributed by atoms with Crippen molar-refractivity contribution in [3.63, 3.8) is 0 Å². The minimum atomic E-state index is -0.522. The second-order valence-corrected chi connectivity index (χ2v) is 5.61. The lowest BCUT2D eigenvalue weighted by molar-refractivity contribution is -0.120. The molecule has 0 fully saturated rings. The number of carbonyl (C=O) groups excluding carboxylic acids is 2. The topological polar surface area (TPSA) is 75.4 Å². The van der Waals surface area contributed by atoms with E-state index in [0.717, 1.165) is 0 Å². The first-order valence-corrected chi connectivity index (χ1v) is 7.53. The Morgan fingerprint density at radius 3 is 2.38 bits per heavy atom. The number of halogens is 1. The summed E-state index contributed by atoms with van der Waals surface area (Å²) in [6, 6.07) is 12.3. The highest BCUT2D eigenvalue weighted by atomic mass is 19.1. The van der Waals surface area contributed by atoms with E-state index >= 15 is 0 Å². The van der Waals surface area contributed by atoms with Crippen LogP contribution in [0.5, 0.6) is 0 Å². The first-order valence-electron chi connectivity index (χ1n) is 7.53. The standard InChI is InChI=1S/C18H20FN3O2/c1-12(22(2)11-14-5-3-4-6-16(14)19)18(24)21-15-9-7-13(8-10-15)17(20)23/h3-10,12H,11H2,1-2H3,(H2,20,23)(H,21,24). The molecule has 2 aromatic rings. The normalized spacial score (nSPS) is 12.0. The van der Waals surface area contributed by atoms with Gasteiger partial charge < -0.3 is 11.1 Å². The van der Waals surface area contributed by atoms with Gasteiger partial charge in [-0.1, -0.05) is 18.2 Å². The van der Waals surface area contributed by atoms with Crippen molar-refractivity contribution in [2.24, 2.45) is 5.73 Å². The summed E-state index contributed by atoms with van der Waals surface area (Å²) >= 11 is 0. The zero-order valence-electron chi connectivity index (χ0n) is 13.6. The van der Waals surface area contributed by atoms with Gasteiger partial charge in [-0.15, -0.1) is 0 Å². The lowest BCUT2D eigenvalue weighted by atomic mass is 10.1. The summed E-state index contributed by atoms with van der Waals surface area (Å²) in [5.41, 5.74) is 6.65. The van der Waals surface area contributed by atoms with Crippen molar-refractivity contribution in [2.45, 2.75) is 19.5 Å². The molecule has 3 N–H and O–H groups in total. The van der Waals surface area contributed by atoms with Gasteiger partial charge in [-0.25, -0.2) is 4.39 Å². The average Bonchev–Trinajstić information content (AvgIpc) is 2.56. The molecule has 2 amide bonds. The third-order valence-electron chi connectivity index (χ3n) is 3.86. The number of hydrogen-bond donors (Lipinski definition) is 2. The molecule has 2 aromatic carbocycles. The number of benzene rings is 2. The van der Waals surface area contributed by atoms with Crippen LogP contribution >= 0.6 is 0 Å². The summed E-state index contributed by atoms with van der Waals surface area (Å²) in [7, 11) is 1.76. The van der Waals surface area contributed by atoms with Gasteiger partial charge in [-0.05, 0) is 44.3 Å². The summed E-state index contributed by atoms with van der Waals surface area (Å²) in [5.74, 6) is -1.04. The number of nitrogens with zero attached hydrogens (tertiary/aromatic N) is 1. The SMILES string of the molecule is CC(C(=O)Nc1ccc(C(N)=O)cc1)N(C)Cc1ccccc1F. The highest BCUT2D eigenvalue weighted by molar-refractivity contribution is 5.96. The maximum absolute atomic E-state index is 13.7. The molecule has 0 aromatic heterocycles. The van der Waals surface area contributed by atoms with Gasteiger partial charge in [0.25, 0.3) is 0 Å². The predicted octanol–water partition coefficient (Wildman–Crippen LogP) is 2.38. The van der Waals surface area contributed by atoms with E-state index in [0.29, 0.717) is 23.4 Å². The van der Waals surface area contributed by atoms with Crippen LogP contribution < -0.4 is 11.1 Å². The third kappa shape index (κ3) is 4.39. The molecule has 0 saturated heterocycles.